The molecule has 0 bridgehead atoms. The van der Waals surface area contributed by atoms with Gasteiger partial charge < -0.3 is 4.74 Å². The van der Waals surface area contributed by atoms with Crippen molar-refractivity contribution in [2.45, 2.75) is 26.4 Å². The quantitative estimate of drug-likeness (QED) is 0.880. The topological polar surface area (TPSA) is 67.9 Å². The summed E-state index contributed by atoms with van der Waals surface area (Å²) >= 11 is 1.19. The molecule has 1 N–H and O–H groups in total. The standard InChI is InChI=1S/C12H12F3N3O2S/c1-6-9(21-7(2)17-6)11(19)20-4-3-8-5-16-18-10(8)12(13,14)15/h5H,3-4H2,1-2H3,(H,16,18). The molecule has 0 spiro atoms. The SMILES string of the molecule is Cc1nc(C)c(C(=O)OCCc2cn[nH]c2C(F)(F)F)s1. The van der Waals surface area contributed by atoms with Crippen LogP contribution in [0.4, 0.5) is 13.2 Å². The molecular formula is C12H12F3N3O2S. The largest absolute Gasteiger partial charge is 0.461 e. The van der Waals surface area contributed by atoms with Gasteiger partial charge in [-0.1, -0.05) is 0 Å². The van der Waals surface area contributed by atoms with Gasteiger partial charge in [0.1, 0.15) is 10.6 Å². The Labute approximate surface area is 122 Å². The summed E-state index contributed by atoms with van der Waals surface area (Å²) in [5.74, 6) is -0.574. The number of H-pyrrole nitrogens is 1. The first-order chi connectivity index (χ1) is 9.79. The monoisotopic (exact) mass is 319 g/mol. The number of ether oxygens (including phenoxy) is 1. The molecule has 0 fully saturated rings. The zero-order valence-electron chi connectivity index (χ0n) is 11.2. The average Bonchev–Trinajstić information content (AvgIpc) is 2.95. The molecule has 0 aliphatic rings. The van der Waals surface area contributed by atoms with E-state index >= 15 is 0 Å². The number of hydrogen-bond acceptors (Lipinski definition) is 5. The Kier molecular flexibility index (Phi) is 4.31. The first-order valence-corrected chi connectivity index (χ1v) is 6.81. The highest BCUT2D eigenvalue weighted by Gasteiger charge is 2.35. The highest BCUT2D eigenvalue weighted by molar-refractivity contribution is 7.13. The molecule has 2 heterocycles. The van der Waals surface area contributed by atoms with E-state index in [-0.39, 0.29) is 18.6 Å². The lowest BCUT2D eigenvalue weighted by Crippen LogP contribution is -2.12. The van der Waals surface area contributed by atoms with E-state index < -0.39 is 17.8 Å². The molecule has 2 rings (SSSR count). The molecule has 2 aromatic heterocycles. The minimum atomic E-state index is -4.50. The molecular weight excluding hydrogens is 307 g/mol. The number of halogens is 3. The second-order valence-corrected chi connectivity index (χ2v) is 5.50. The van der Waals surface area contributed by atoms with Crippen LogP contribution in [0.1, 0.15) is 31.6 Å². The van der Waals surface area contributed by atoms with E-state index in [0.29, 0.717) is 10.6 Å². The van der Waals surface area contributed by atoms with Gasteiger partial charge in [0.15, 0.2) is 0 Å². The second-order valence-electron chi connectivity index (χ2n) is 4.30. The molecule has 2 aromatic rings. The number of nitrogens with one attached hydrogen (secondary N) is 1. The summed E-state index contributed by atoms with van der Waals surface area (Å²) in [4.78, 5) is 16.3. The fourth-order valence-electron chi connectivity index (χ4n) is 1.79. The first kappa shape index (κ1) is 15.5. The van der Waals surface area contributed by atoms with Crippen LogP contribution in [0, 0.1) is 13.8 Å². The van der Waals surface area contributed by atoms with Gasteiger partial charge in [-0.05, 0) is 13.8 Å². The van der Waals surface area contributed by atoms with Gasteiger partial charge in [-0.3, -0.25) is 5.10 Å². The van der Waals surface area contributed by atoms with Crippen LogP contribution in [0.2, 0.25) is 0 Å². The van der Waals surface area contributed by atoms with Crippen LogP contribution >= 0.6 is 11.3 Å². The Bertz CT molecular complexity index is 648. The Morgan fingerprint density at radius 2 is 2.14 bits per heavy atom. The second kappa shape index (κ2) is 5.84. The zero-order valence-corrected chi connectivity index (χ0v) is 12.1. The number of aromatic nitrogens is 3. The number of thiazole rings is 1. The van der Waals surface area contributed by atoms with Crippen molar-refractivity contribution < 1.29 is 22.7 Å². The van der Waals surface area contributed by atoms with Gasteiger partial charge >= 0.3 is 12.1 Å². The molecule has 9 heteroatoms. The summed E-state index contributed by atoms with van der Waals surface area (Å²) in [5, 5.41) is 6.00. The van der Waals surface area contributed by atoms with E-state index in [4.69, 9.17) is 4.74 Å². The van der Waals surface area contributed by atoms with Crippen molar-refractivity contribution >= 4 is 17.3 Å². The lowest BCUT2D eigenvalue weighted by Gasteiger charge is -2.07. The Morgan fingerprint density at radius 1 is 1.43 bits per heavy atom. The number of aromatic amines is 1. The maximum atomic E-state index is 12.6. The van der Waals surface area contributed by atoms with Crippen molar-refractivity contribution in [3.63, 3.8) is 0 Å². The normalized spacial score (nSPS) is 11.7. The van der Waals surface area contributed by atoms with Crippen molar-refractivity contribution in [1.82, 2.24) is 15.2 Å². The molecule has 114 valence electrons. The van der Waals surface area contributed by atoms with Gasteiger partial charge in [0, 0.05) is 12.0 Å². The number of carbonyl (C=O) groups excluding carboxylic acids is 1. The van der Waals surface area contributed by atoms with E-state index in [2.05, 4.69) is 10.1 Å². The van der Waals surface area contributed by atoms with Crippen molar-refractivity contribution in [1.29, 1.82) is 0 Å². The van der Waals surface area contributed by atoms with E-state index in [1.54, 1.807) is 13.8 Å². The predicted octanol–water partition coefficient (Wildman–Crippen LogP) is 2.90. The average molecular weight is 319 g/mol. The molecule has 0 aromatic carbocycles. The number of nitrogens with zero attached hydrogens (tertiary/aromatic N) is 2. The van der Waals surface area contributed by atoms with Crippen LogP contribution < -0.4 is 0 Å². The Hall–Kier alpha value is -1.90. The van der Waals surface area contributed by atoms with E-state index in [1.165, 1.54) is 11.3 Å². The molecule has 0 saturated carbocycles. The van der Waals surface area contributed by atoms with Crippen LogP contribution in [0.5, 0.6) is 0 Å². The summed E-state index contributed by atoms with van der Waals surface area (Å²) in [7, 11) is 0. The number of hydrogen-bond donors (Lipinski definition) is 1. The van der Waals surface area contributed by atoms with Crippen LogP contribution in [0.15, 0.2) is 6.20 Å². The van der Waals surface area contributed by atoms with Crippen molar-refractivity contribution in [2.75, 3.05) is 6.61 Å². The lowest BCUT2D eigenvalue weighted by molar-refractivity contribution is -0.141. The third-order valence-corrected chi connectivity index (χ3v) is 3.75. The van der Waals surface area contributed by atoms with Crippen LogP contribution in [0.25, 0.3) is 0 Å². The lowest BCUT2D eigenvalue weighted by atomic mass is 10.2. The maximum absolute atomic E-state index is 12.6. The predicted molar refractivity (Wildman–Crippen MR) is 69.2 cm³/mol. The number of rotatable bonds is 4. The van der Waals surface area contributed by atoms with E-state index in [0.717, 1.165) is 11.2 Å². The summed E-state index contributed by atoms with van der Waals surface area (Å²) in [6, 6.07) is 0. The first-order valence-electron chi connectivity index (χ1n) is 5.99. The fourth-order valence-corrected chi connectivity index (χ4v) is 2.60. The molecule has 0 radical (unpaired) electrons. The molecule has 0 aliphatic carbocycles. The minimum absolute atomic E-state index is 0.0347. The molecule has 21 heavy (non-hydrogen) atoms. The summed E-state index contributed by atoms with van der Waals surface area (Å²) in [6.07, 6.45) is -3.48. The highest BCUT2D eigenvalue weighted by Crippen LogP contribution is 2.30. The van der Waals surface area contributed by atoms with Gasteiger partial charge in [-0.2, -0.15) is 18.3 Å². The van der Waals surface area contributed by atoms with E-state index in [1.807, 2.05) is 5.10 Å². The fraction of sp³-hybridized carbons (Fsp3) is 0.417. The summed E-state index contributed by atoms with van der Waals surface area (Å²) in [6.45, 7) is 3.28. The highest BCUT2D eigenvalue weighted by atomic mass is 32.1. The maximum Gasteiger partial charge on any atom is 0.433 e. The summed E-state index contributed by atoms with van der Waals surface area (Å²) < 4.78 is 42.8. The molecule has 0 amide bonds. The number of carbonyl (C=O) groups is 1. The summed E-state index contributed by atoms with van der Waals surface area (Å²) in [5.41, 5.74) is -0.391. The molecule has 0 atom stereocenters. The van der Waals surface area contributed by atoms with Gasteiger partial charge in [0.05, 0.1) is 23.5 Å². The van der Waals surface area contributed by atoms with E-state index in [9.17, 15) is 18.0 Å². The van der Waals surface area contributed by atoms with Crippen LogP contribution in [-0.2, 0) is 17.3 Å². The van der Waals surface area contributed by atoms with Crippen molar-refractivity contribution in [2.24, 2.45) is 0 Å². The van der Waals surface area contributed by atoms with Gasteiger partial charge in [0.2, 0.25) is 0 Å². The number of alkyl halides is 3. The van der Waals surface area contributed by atoms with Crippen LogP contribution in [-0.4, -0.2) is 27.8 Å². The minimum Gasteiger partial charge on any atom is -0.461 e. The third kappa shape index (κ3) is 3.60. The zero-order chi connectivity index (χ0) is 15.6. The molecule has 0 unspecified atom stereocenters. The molecule has 0 saturated heterocycles. The van der Waals surface area contributed by atoms with Crippen LogP contribution in [0.3, 0.4) is 0 Å². The Balaban J connectivity index is 1.95. The molecule has 5 nitrogen and oxygen atoms in total. The van der Waals surface area contributed by atoms with Gasteiger partial charge in [0.25, 0.3) is 0 Å². The van der Waals surface area contributed by atoms with Crippen molar-refractivity contribution in [3.05, 3.63) is 33.0 Å². The number of esters is 1. The number of aryl methyl sites for hydroxylation is 2. The smallest absolute Gasteiger partial charge is 0.433 e. The van der Waals surface area contributed by atoms with Crippen molar-refractivity contribution in [3.8, 4) is 0 Å². The third-order valence-electron chi connectivity index (χ3n) is 2.69. The molecule has 0 aliphatic heterocycles. The van der Waals surface area contributed by atoms with Gasteiger partial charge in [-0.25, -0.2) is 9.78 Å². The Morgan fingerprint density at radius 3 is 2.71 bits per heavy atom. The van der Waals surface area contributed by atoms with Gasteiger partial charge in [-0.15, -0.1) is 11.3 Å².